The van der Waals surface area contributed by atoms with E-state index in [1.165, 1.54) is 0 Å². The van der Waals surface area contributed by atoms with Gasteiger partial charge in [-0.1, -0.05) is 12.1 Å². The molecule has 0 spiro atoms. The van der Waals surface area contributed by atoms with Crippen molar-refractivity contribution in [3.05, 3.63) is 48.7 Å². The van der Waals surface area contributed by atoms with E-state index in [2.05, 4.69) is 20.4 Å². The van der Waals surface area contributed by atoms with Gasteiger partial charge < -0.3 is 15.0 Å². The van der Waals surface area contributed by atoms with Crippen LogP contribution in [0.5, 0.6) is 5.75 Å². The molecular weight excluding hydrogens is 296 g/mol. The Morgan fingerprint density at radius 1 is 1.30 bits per heavy atom. The highest BCUT2D eigenvalue weighted by Gasteiger charge is 2.18. The predicted molar refractivity (Wildman–Crippen MR) is 82.7 cm³/mol. The van der Waals surface area contributed by atoms with Gasteiger partial charge in [0.15, 0.2) is 5.69 Å². The van der Waals surface area contributed by atoms with Crippen molar-refractivity contribution in [3.8, 4) is 17.0 Å². The van der Waals surface area contributed by atoms with Crippen LogP contribution in [0.25, 0.3) is 11.3 Å². The van der Waals surface area contributed by atoms with E-state index in [0.717, 1.165) is 13.0 Å². The lowest BCUT2D eigenvalue weighted by atomic mass is 10.1. The highest BCUT2D eigenvalue weighted by atomic mass is 16.5. The minimum atomic E-state index is -0.635. The second-order valence-electron chi connectivity index (χ2n) is 4.88. The third kappa shape index (κ3) is 3.37. The summed E-state index contributed by atoms with van der Waals surface area (Å²) in [5.74, 6) is -0.00167. The van der Waals surface area contributed by atoms with Gasteiger partial charge in [0.2, 0.25) is 0 Å². The van der Waals surface area contributed by atoms with Crippen LogP contribution in [0.3, 0.4) is 0 Å². The van der Waals surface area contributed by atoms with Crippen LogP contribution in [0, 0.1) is 0 Å². The first-order valence-electron chi connectivity index (χ1n) is 7.14. The number of ether oxygens (including phenoxy) is 1. The van der Waals surface area contributed by atoms with Crippen molar-refractivity contribution in [2.24, 2.45) is 5.73 Å². The van der Waals surface area contributed by atoms with Crippen molar-refractivity contribution in [2.75, 3.05) is 6.61 Å². The number of nitrogens with zero attached hydrogens (tertiary/aromatic N) is 4. The molecule has 8 heteroatoms. The average Bonchev–Trinajstić information content (AvgIpc) is 3.23. The molecule has 0 aliphatic rings. The summed E-state index contributed by atoms with van der Waals surface area (Å²) in [6.07, 6.45) is 6.24. The first-order valence-corrected chi connectivity index (χ1v) is 7.14. The number of carbonyl (C=O) groups excluding carboxylic acids is 1. The SMILES string of the molecule is NC(=O)c1n[nH]nc1-c1ccccc1OCCCn1ccnc1. The smallest absolute Gasteiger partial charge is 0.271 e. The fourth-order valence-electron chi connectivity index (χ4n) is 2.23. The Hall–Kier alpha value is -3.16. The Morgan fingerprint density at radius 3 is 2.96 bits per heavy atom. The number of aryl methyl sites for hydroxylation is 1. The summed E-state index contributed by atoms with van der Waals surface area (Å²) in [4.78, 5) is 15.4. The summed E-state index contributed by atoms with van der Waals surface area (Å²) in [5, 5.41) is 10.2. The molecule has 2 heterocycles. The highest BCUT2D eigenvalue weighted by Crippen LogP contribution is 2.29. The molecule has 0 unspecified atom stereocenters. The molecule has 0 saturated carbocycles. The Labute approximate surface area is 132 Å². The zero-order valence-corrected chi connectivity index (χ0v) is 12.3. The minimum Gasteiger partial charge on any atom is -0.493 e. The van der Waals surface area contributed by atoms with E-state index >= 15 is 0 Å². The maximum atomic E-state index is 11.4. The quantitative estimate of drug-likeness (QED) is 0.637. The Bertz CT molecular complexity index is 781. The van der Waals surface area contributed by atoms with Gasteiger partial charge in [-0.2, -0.15) is 15.4 Å². The number of rotatable bonds is 7. The maximum Gasteiger partial charge on any atom is 0.271 e. The molecule has 2 aromatic heterocycles. The van der Waals surface area contributed by atoms with Gasteiger partial charge in [0.25, 0.3) is 5.91 Å². The van der Waals surface area contributed by atoms with E-state index in [-0.39, 0.29) is 5.69 Å². The van der Waals surface area contributed by atoms with Crippen molar-refractivity contribution < 1.29 is 9.53 Å². The molecule has 0 bridgehead atoms. The van der Waals surface area contributed by atoms with Crippen LogP contribution >= 0.6 is 0 Å². The fourth-order valence-corrected chi connectivity index (χ4v) is 2.23. The van der Waals surface area contributed by atoms with E-state index in [4.69, 9.17) is 10.5 Å². The topological polar surface area (TPSA) is 112 Å². The first-order chi connectivity index (χ1) is 11.3. The second kappa shape index (κ2) is 6.73. The molecule has 3 aromatic rings. The van der Waals surface area contributed by atoms with E-state index in [0.29, 0.717) is 23.6 Å². The molecule has 8 nitrogen and oxygen atoms in total. The molecule has 0 aliphatic carbocycles. The van der Waals surface area contributed by atoms with E-state index in [1.54, 1.807) is 12.5 Å². The number of carbonyl (C=O) groups is 1. The van der Waals surface area contributed by atoms with Gasteiger partial charge in [-0.15, -0.1) is 0 Å². The molecule has 1 aromatic carbocycles. The molecule has 118 valence electrons. The Kier molecular flexibility index (Phi) is 4.32. The minimum absolute atomic E-state index is 0.0967. The summed E-state index contributed by atoms with van der Waals surface area (Å²) >= 11 is 0. The molecular formula is C15H16N6O2. The van der Waals surface area contributed by atoms with Crippen LogP contribution < -0.4 is 10.5 Å². The van der Waals surface area contributed by atoms with E-state index in [9.17, 15) is 4.79 Å². The van der Waals surface area contributed by atoms with Crippen molar-refractivity contribution in [1.29, 1.82) is 0 Å². The van der Waals surface area contributed by atoms with Crippen molar-refractivity contribution >= 4 is 5.91 Å². The summed E-state index contributed by atoms with van der Waals surface area (Å²) in [7, 11) is 0. The number of aromatic amines is 1. The molecule has 3 N–H and O–H groups in total. The van der Waals surface area contributed by atoms with Crippen LogP contribution in [-0.2, 0) is 6.54 Å². The van der Waals surface area contributed by atoms with Gasteiger partial charge in [0.05, 0.1) is 12.9 Å². The van der Waals surface area contributed by atoms with Crippen LogP contribution in [0.1, 0.15) is 16.9 Å². The number of primary amides is 1. The largest absolute Gasteiger partial charge is 0.493 e. The van der Waals surface area contributed by atoms with Crippen LogP contribution in [0.4, 0.5) is 0 Å². The maximum absolute atomic E-state index is 11.4. The summed E-state index contributed by atoms with van der Waals surface area (Å²) in [6.45, 7) is 1.34. The summed E-state index contributed by atoms with van der Waals surface area (Å²) < 4.78 is 7.81. The number of hydrogen-bond donors (Lipinski definition) is 2. The van der Waals surface area contributed by atoms with Crippen molar-refractivity contribution in [3.63, 3.8) is 0 Å². The van der Waals surface area contributed by atoms with Gasteiger partial charge in [-0.25, -0.2) is 4.98 Å². The first kappa shape index (κ1) is 14.8. The second-order valence-corrected chi connectivity index (χ2v) is 4.88. The van der Waals surface area contributed by atoms with Gasteiger partial charge in [0, 0.05) is 24.5 Å². The molecule has 0 saturated heterocycles. The molecule has 1 amide bonds. The number of H-pyrrole nitrogens is 1. The standard InChI is InChI=1S/C15H16N6O2/c16-15(22)14-13(18-20-19-14)11-4-1-2-5-12(11)23-9-3-7-21-8-6-17-10-21/h1-2,4-6,8,10H,3,7,9H2,(H2,16,22)(H,18,19,20). The molecule has 0 fully saturated rings. The predicted octanol–water partition coefficient (Wildman–Crippen LogP) is 1.24. The summed E-state index contributed by atoms with van der Waals surface area (Å²) in [5.41, 5.74) is 6.48. The van der Waals surface area contributed by atoms with Gasteiger partial charge in [-0.05, 0) is 18.6 Å². The third-order valence-electron chi connectivity index (χ3n) is 3.30. The van der Waals surface area contributed by atoms with Gasteiger partial charge in [-0.3, -0.25) is 4.79 Å². The lowest BCUT2D eigenvalue weighted by Gasteiger charge is -2.10. The number of nitrogens with two attached hydrogens (primary N) is 1. The van der Waals surface area contributed by atoms with Crippen LogP contribution in [0.2, 0.25) is 0 Å². The number of benzene rings is 1. The normalized spacial score (nSPS) is 10.6. The third-order valence-corrected chi connectivity index (χ3v) is 3.30. The Morgan fingerprint density at radius 2 is 2.17 bits per heavy atom. The lowest BCUT2D eigenvalue weighted by Crippen LogP contribution is -2.13. The van der Waals surface area contributed by atoms with Crippen molar-refractivity contribution in [1.82, 2.24) is 25.0 Å². The van der Waals surface area contributed by atoms with Gasteiger partial charge in [0.1, 0.15) is 11.4 Å². The zero-order chi connectivity index (χ0) is 16.1. The zero-order valence-electron chi connectivity index (χ0n) is 12.3. The molecule has 23 heavy (non-hydrogen) atoms. The van der Waals surface area contributed by atoms with Crippen LogP contribution in [-0.4, -0.2) is 37.5 Å². The van der Waals surface area contributed by atoms with Crippen LogP contribution in [0.15, 0.2) is 43.0 Å². The fraction of sp³-hybridized carbons (Fsp3) is 0.200. The lowest BCUT2D eigenvalue weighted by molar-refractivity contribution is 0.0996. The number of imidazole rings is 1. The number of amides is 1. The van der Waals surface area contributed by atoms with E-state index < -0.39 is 5.91 Å². The van der Waals surface area contributed by atoms with E-state index in [1.807, 2.05) is 35.0 Å². The highest BCUT2D eigenvalue weighted by molar-refractivity contribution is 5.97. The van der Waals surface area contributed by atoms with Gasteiger partial charge >= 0.3 is 0 Å². The number of aromatic nitrogens is 5. The molecule has 0 aliphatic heterocycles. The summed E-state index contributed by atoms with van der Waals surface area (Å²) in [6, 6.07) is 7.34. The number of para-hydroxylation sites is 1. The molecule has 0 radical (unpaired) electrons. The number of hydrogen-bond acceptors (Lipinski definition) is 5. The molecule has 0 atom stereocenters. The number of nitrogens with one attached hydrogen (secondary N) is 1. The van der Waals surface area contributed by atoms with Crippen molar-refractivity contribution in [2.45, 2.75) is 13.0 Å². The Balaban J connectivity index is 1.70. The monoisotopic (exact) mass is 312 g/mol. The molecule has 3 rings (SSSR count). The average molecular weight is 312 g/mol.